The monoisotopic (exact) mass is 238 g/mol. The summed E-state index contributed by atoms with van der Waals surface area (Å²) in [5.74, 6) is 0. The smallest absolute Gasteiger partial charge is 0.0487 e. The van der Waals surface area contributed by atoms with Crippen LogP contribution < -0.4 is 5.73 Å². The van der Waals surface area contributed by atoms with Gasteiger partial charge < -0.3 is 5.73 Å². The zero-order valence-corrected chi connectivity index (χ0v) is 11.3. The van der Waals surface area contributed by atoms with Crippen LogP contribution in [0.3, 0.4) is 0 Å². The maximum atomic E-state index is 6.46. The lowest BCUT2D eigenvalue weighted by Gasteiger charge is -2.40. The van der Waals surface area contributed by atoms with E-state index in [0.717, 1.165) is 0 Å². The van der Waals surface area contributed by atoms with Crippen molar-refractivity contribution < 1.29 is 0 Å². The molecule has 1 fully saturated rings. The summed E-state index contributed by atoms with van der Waals surface area (Å²) in [4.78, 5) is 3.90. The SMILES string of the molecule is Cc1sccc1C(N)C(C)(C)N1CCCC1. The molecular weight excluding hydrogens is 216 g/mol. The fourth-order valence-corrected chi connectivity index (χ4v) is 3.34. The van der Waals surface area contributed by atoms with Gasteiger partial charge in [-0.2, -0.15) is 0 Å². The number of aryl methyl sites for hydroxylation is 1. The number of nitrogens with zero attached hydrogens (tertiary/aromatic N) is 1. The number of likely N-dealkylation sites (tertiary alicyclic amines) is 1. The molecular formula is C13H22N2S. The van der Waals surface area contributed by atoms with E-state index in [9.17, 15) is 0 Å². The van der Waals surface area contributed by atoms with Crippen molar-refractivity contribution in [1.82, 2.24) is 4.90 Å². The molecule has 1 aliphatic rings. The zero-order chi connectivity index (χ0) is 11.8. The molecule has 1 aliphatic heterocycles. The molecule has 0 bridgehead atoms. The first-order valence-corrected chi connectivity index (χ1v) is 6.96. The average Bonchev–Trinajstić information content (AvgIpc) is 2.86. The van der Waals surface area contributed by atoms with Crippen LogP contribution in [0.15, 0.2) is 11.4 Å². The van der Waals surface area contributed by atoms with E-state index >= 15 is 0 Å². The molecule has 90 valence electrons. The van der Waals surface area contributed by atoms with E-state index in [1.165, 1.54) is 36.4 Å². The minimum absolute atomic E-state index is 0.0718. The van der Waals surface area contributed by atoms with Gasteiger partial charge in [-0.1, -0.05) is 0 Å². The van der Waals surface area contributed by atoms with Crippen molar-refractivity contribution in [3.8, 4) is 0 Å². The first kappa shape index (κ1) is 12.1. The van der Waals surface area contributed by atoms with Crippen molar-refractivity contribution in [2.24, 2.45) is 5.73 Å². The second-order valence-electron chi connectivity index (χ2n) is 5.26. The summed E-state index contributed by atoms with van der Waals surface area (Å²) >= 11 is 1.79. The van der Waals surface area contributed by atoms with E-state index in [2.05, 4.69) is 37.1 Å². The summed E-state index contributed by atoms with van der Waals surface area (Å²) in [6, 6.07) is 2.31. The third-order valence-corrected chi connectivity index (χ3v) is 4.78. The van der Waals surface area contributed by atoms with Crippen molar-refractivity contribution >= 4 is 11.3 Å². The minimum atomic E-state index is 0.0718. The van der Waals surface area contributed by atoms with E-state index in [4.69, 9.17) is 5.73 Å². The minimum Gasteiger partial charge on any atom is -0.322 e. The van der Waals surface area contributed by atoms with E-state index in [1.807, 2.05) is 0 Å². The molecule has 1 atom stereocenters. The van der Waals surface area contributed by atoms with Gasteiger partial charge in [-0.05, 0) is 63.7 Å². The fraction of sp³-hybridized carbons (Fsp3) is 0.692. The van der Waals surface area contributed by atoms with Crippen molar-refractivity contribution in [2.75, 3.05) is 13.1 Å². The van der Waals surface area contributed by atoms with Crippen molar-refractivity contribution in [2.45, 2.75) is 45.2 Å². The summed E-state index contributed by atoms with van der Waals surface area (Å²) in [7, 11) is 0. The molecule has 3 heteroatoms. The zero-order valence-electron chi connectivity index (χ0n) is 10.5. The molecule has 16 heavy (non-hydrogen) atoms. The quantitative estimate of drug-likeness (QED) is 0.877. The summed E-state index contributed by atoms with van der Waals surface area (Å²) in [5.41, 5.74) is 7.86. The van der Waals surface area contributed by atoms with Crippen LogP contribution in [0.1, 0.15) is 43.2 Å². The molecule has 0 amide bonds. The summed E-state index contributed by atoms with van der Waals surface area (Å²) in [6.45, 7) is 9.12. The van der Waals surface area contributed by atoms with Crippen LogP contribution >= 0.6 is 11.3 Å². The number of hydrogen-bond donors (Lipinski definition) is 1. The second-order valence-corrected chi connectivity index (χ2v) is 6.38. The Morgan fingerprint density at radius 3 is 2.50 bits per heavy atom. The molecule has 0 aliphatic carbocycles. The maximum Gasteiger partial charge on any atom is 0.0487 e. The van der Waals surface area contributed by atoms with Crippen molar-refractivity contribution in [3.63, 3.8) is 0 Å². The molecule has 0 aromatic carbocycles. The van der Waals surface area contributed by atoms with Gasteiger partial charge >= 0.3 is 0 Å². The highest BCUT2D eigenvalue weighted by Crippen LogP contribution is 2.34. The fourth-order valence-electron chi connectivity index (χ4n) is 2.59. The highest BCUT2D eigenvalue weighted by atomic mass is 32.1. The second kappa shape index (κ2) is 4.47. The van der Waals surface area contributed by atoms with Gasteiger partial charge in [0.25, 0.3) is 0 Å². The number of rotatable bonds is 3. The van der Waals surface area contributed by atoms with Crippen LogP contribution in [0.4, 0.5) is 0 Å². The number of hydrogen-bond acceptors (Lipinski definition) is 3. The Bertz CT molecular complexity index is 351. The Kier molecular flexibility index (Phi) is 3.38. The molecule has 1 saturated heterocycles. The van der Waals surface area contributed by atoms with Gasteiger partial charge in [0, 0.05) is 16.5 Å². The topological polar surface area (TPSA) is 29.3 Å². The third kappa shape index (κ3) is 2.04. The van der Waals surface area contributed by atoms with Crippen LogP contribution in [-0.4, -0.2) is 23.5 Å². The predicted molar refractivity (Wildman–Crippen MR) is 70.9 cm³/mol. The van der Waals surface area contributed by atoms with E-state index < -0.39 is 0 Å². The van der Waals surface area contributed by atoms with Gasteiger partial charge in [-0.15, -0.1) is 11.3 Å². The average molecular weight is 238 g/mol. The predicted octanol–water partition coefficient (Wildman–Crippen LogP) is 2.93. The maximum absolute atomic E-state index is 6.46. The van der Waals surface area contributed by atoms with E-state index in [-0.39, 0.29) is 11.6 Å². The van der Waals surface area contributed by atoms with Crippen LogP contribution in [-0.2, 0) is 0 Å². The lowest BCUT2D eigenvalue weighted by molar-refractivity contribution is 0.124. The third-order valence-electron chi connectivity index (χ3n) is 3.92. The molecule has 2 nitrogen and oxygen atoms in total. The van der Waals surface area contributed by atoms with Gasteiger partial charge in [-0.3, -0.25) is 4.90 Å². The van der Waals surface area contributed by atoms with Gasteiger partial charge in [0.05, 0.1) is 0 Å². The Morgan fingerprint density at radius 2 is 2.00 bits per heavy atom. The molecule has 1 aromatic rings. The molecule has 0 saturated carbocycles. The van der Waals surface area contributed by atoms with Crippen molar-refractivity contribution in [1.29, 1.82) is 0 Å². The number of nitrogens with two attached hydrogens (primary N) is 1. The van der Waals surface area contributed by atoms with Crippen LogP contribution in [0.5, 0.6) is 0 Å². The molecule has 1 aromatic heterocycles. The molecule has 2 rings (SSSR count). The summed E-state index contributed by atoms with van der Waals surface area (Å²) in [6.07, 6.45) is 2.64. The molecule has 2 heterocycles. The Labute approximate surface area is 102 Å². The summed E-state index contributed by atoms with van der Waals surface area (Å²) < 4.78 is 0. The molecule has 0 spiro atoms. The standard InChI is InChI=1S/C13H22N2S/c1-10-11(6-9-16-10)12(14)13(2,3)15-7-4-5-8-15/h6,9,12H,4-5,7-8,14H2,1-3H3. The first-order chi connectivity index (χ1) is 7.53. The Hall–Kier alpha value is -0.380. The molecule has 1 unspecified atom stereocenters. The van der Waals surface area contributed by atoms with E-state index in [0.29, 0.717) is 0 Å². The molecule has 0 radical (unpaired) electrons. The Balaban J connectivity index is 2.19. The normalized spacial score (nSPS) is 20.2. The highest BCUT2D eigenvalue weighted by Gasteiger charge is 2.36. The highest BCUT2D eigenvalue weighted by molar-refractivity contribution is 7.10. The first-order valence-electron chi connectivity index (χ1n) is 6.08. The van der Waals surface area contributed by atoms with Gasteiger partial charge in [0.2, 0.25) is 0 Å². The van der Waals surface area contributed by atoms with Crippen molar-refractivity contribution in [3.05, 3.63) is 21.9 Å². The number of thiophene rings is 1. The van der Waals surface area contributed by atoms with Gasteiger partial charge in [0.1, 0.15) is 0 Å². The van der Waals surface area contributed by atoms with Crippen LogP contribution in [0.2, 0.25) is 0 Å². The van der Waals surface area contributed by atoms with Crippen LogP contribution in [0.25, 0.3) is 0 Å². The van der Waals surface area contributed by atoms with Crippen LogP contribution in [0, 0.1) is 6.92 Å². The van der Waals surface area contributed by atoms with Gasteiger partial charge in [-0.25, -0.2) is 0 Å². The van der Waals surface area contributed by atoms with Gasteiger partial charge in [0.15, 0.2) is 0 Å². The Morgan fingerprint density at radius 1 is 1.38 bits per heavy atom. The summed E-state index contributed by atoms with van der Waals surface area (Å²) in [5, 5.41) is 2.14. The molecule has 2 N–H and O–H groups in total. The van der Waals surface area contributed by atoms with E-state index in [1.54, 1.807) is 11.3 Å². The lowest BCUT2D eigenvalue weighted by Crippen LogP contribution is -2.49. The largest absolute Gasteiger partial charge is 0.322 e. The lowest BCUT2D eigenvalue weighted by atomic mass is 9.88.